The largest absolute Gasteiger partial charge is 0.364 e. The van der Waals surface area contributed by atoms with E-state index in [0.29, 0.717) is 23.9 Å². The first-order chi connectivity index (χ1) is 6.34. The van der Waals surface area contributed by atoms with Gasteiger partial charge in [-0.3, -0.25) is 0 Å². The Hall–Kier alpha value is 0.310. The van der Waals surface area contributed by atoms with Crippen LogP contribution in [-0.2, 0) is 4.74 Å². The average molecular weight is 218 g/mol. The van der Waals surface area contributed by atoms with Crippen molar-refractivity contribution >= 4 is 12.6 Å². The molecule has 0 radical (unpaired) electrons. The molecule has 86 valence electrons. The minimum absolute atomic E-state index is 0.0705. The second kappa shape index (κ2) is 6.73. The fraction of sp³-hybridized carbons (Fsp3) is 1.00. The lowest BCUT2D eigenvalue weighted by atomic mass is 9.97. The van der Waals surface area contributed by atoms with E-state index in [2.05, 4.69) is 54.2 Å². The fourth-order valence-electron chi connectivity index (χ4n) is 1.29. The van der Waals surface area contributed by atoms with Crippen LogP contribution in [0.2, 0.25) is 0 Å². The highest BCUT2D eigenvalue weighted by molar-refractivity contribution is 7.80. The lowest BCUT2D eigenvalue weighted by Gasteiger charge is -2.28. The van der Waals surface area contributed by atoms with Gasteiger partial charge in [-0.25, -0.2) is 0 Å². The van der Waals surface area contributed by atoms with E-state index in [1.165, 1.54) is 0 Å². The van der Waals surface area contributed by atoms with Crippen molar-refractivity contribution in [3.63, 3.8) is 0 Å². The predicted molar refractivity (Wildman–Crippen MR) is 66.8 cm³/mol. The zero-order valence-corrected chi connectivity index (χ0v) is 11.3. The van der Waals surface area contributed by atoms with Crippen LogP contribution in [0.15, 0.2) is 0 Å². The van der Waals surface area contributed by atoms with Crippen molar-refractivity contribution in [1.29, 1.82) is 0 Å². The third-order valence-electron chi connectivity index (χ3n) is 2.33. The van der Waals surface area contributed by atoms with Crippen molar-refractivity contribution in [2.75, 3.05) is 0 Å². The van der Waals surface area contributed by atoms with Crippen LogP contribution in [0.1, 0.15) is 48.0 Å². The first-order valence-electron chi connectivity index (χ1n) is 5.68. The third kappa shape index (κ3) is 5.92. The summed E-state index contributed by atoms with van der Waals surface area (Å²) in [5.74, 6) is 1.74. The van der Waals surface area contributed by atoms with Crippen molar-refractivity contribution < 1.29 is 4.74 Å². The molecule has 0 rings (SSSR count). The summed E-state index contributed by atoms with van der Waals surface area (Å²) in [6.07, 6.45) is 1.47. The van der Waals surface area contributed by atoms with Gasteiger partial charge >= 0.3 is 0 Å². The van der Waals surface area contributed by atoms with E-state index in [9.17, 15) is 0 Å². The van der Waals surface area contributed by atoms with Crippen LogP contribution < -0.4 is 0 Å². The summed E-state index contributed by atoms with van der Waals surface area (Å²) in [6, 6.07) is 0. The van der Waals surface area contributed by atoms with Gasteiger partial charge in [0.1, 0.15) is 5.44 Å². The standard InChI is InChI=1S/C12H26OS/c1-8(2)7-11(9(3)4)13-12(14)10(5)6/h8-12,14H,7H2,1-6H3. The molecule has 14 heavy (non-hydrogen) atoms. The maximum Gasteiger partial charge on any atom is 0.103 e. The summed E-state index contributed by atoms with van der Waals surface area (Å²) in [6.45, 7) is 13.2. The van der Waals surface area contributed by atoms with Gasteiger partial charge in [0.25, 0.3) is 0 Å². The second-order valence-electron chi connectivity index (χ2n) is 5.18. The molecule has 2 unspecified atom stereocenters. The minimum atomic E-state index is 0.0705. The van der Waals surface area contributed by atoms with E-state index in [0.717, 1.165) is 6.42 Å². The van der Waals surface area contributed by atoms with Gasteiger partial charge in [0.05, 0.1) is 6.10 Å². The monoisotopic (exact) mass is 218 g/mol. The molecule has 2 atom stereocenters. The van der Waals surface area contributed by atoms with Crippen LogP contribution in [0.4, 0.5) is 0 Å². The Balaban J connectivity index is 4.09. The maximum absolute atomic E-state index is 5.95. The predicted octanol–water partition coefficient (Wildman–Crippen LogP) is 3.99. The Kier molecular flexibility index (Phi) is 6.88. The Labute approximate surface area is 95.0 Å². The molecule has 0 bridgehead atoms. The summed E-state index contributed by atoms with van der Waals surface area (Å²) in [5, 5.41) is 0. The van der Waals surface area contributed by atoms with Crippen molar-refractivity contribution in [3.05, 3.63) is 0 Å². The van der Waals surface area contributed by atoms with Crippen LogP contribution in [0.25, 0.3) is 0 Å². The Morgan fingerprint density at radius 1 is 0.929 bits per heavy atom. The van der Waals surface area contributed by atoms with Crippen molar-refractivity contribution in [2.45, 2.75) is 59.5 Å². The smallest absolute Gasteiger partial charge is 0.103 e. The first-order valence-corrected chi connectivity index (χ1v) is 6.19. The average Bonchev–Trinajstić information content (AvgIpc) is 2.01. The molecule has 2 heteroatoms. The highest BCUT2D eigenvalue weighted by Crippen LogP contribution is 2.22. The molecule has 0 amide bonds. The van der Waals surface area contributed by atoms with E-state index in [1.54, 1.807) is 0 Å². The van der Waals surface area contributed by atoms with Crippen LogP contribution >= 0.6 is 12.6 Å². The molecule has 0 fully saturated rings. The molecule has 0 aliphatic carbocycles. The Morgan fingerprint density at radius 2 is 1.43 bits per heavy atom. The Bertz CT molecular complexity index is 143. The highest BCUT2D eigenvalue weighted by Gasteiger charge is 2.20. The minimum Gasteiger partial charge on any atom is -0.364 e. The van der Waals surface area contributed by atoms with Gasteiger partial charge in [-0.15, -0.1) is 12.6 Å². The lowest BCUT2D eigenvalue weighted by Crippen LogP contribution is -2.27. The molecule has 0 aromatic rings. The molecular formula is C12H26OS. The number of rotatable bonds is 6. The van der Waals surface area contributed by atoms with E-state index >= 15 is 0 Å². The third-order valence-corrected chi connectivity index (χ3v) is 3.05. The van der Waals surface area contributed by atoms with E-state index in [1.807, 2.05) is 0 Å². The van der Waals surface area contributed by atoms with Crippen molar-refractivity contribution in [2.24, 2.45) is 17.8 Å². The number of hydrogen-bond acceptors (Lipinski definition) is 2. The van der Waals surface area contributed by atoms with Gasteiger partial charge in [0, 0.05) is 0 Å². The number of thiol groups is 1. The molecule has 0 saturated carbocycles. The highest BCUT2D eigenvalue weighted by atomic mass is 32.1. The van der Waals surface area contributed by atoms with Gasteiger partial charge in [-0.2, -0.15) is 0 Å². The molecule has 0 saturated heterocycles. The normalized spacial score (nSPS) is 16.7. The molecule has 0 aromatic heterocycles. The molecule has 0 aromatic carbocycles. The molecular weight excluding hydrogens is 192 g/mol. The zero-order valence-electron chi connectivity index (χ0n) is 10.4. The van der Waals surface area contributed by atoms with Crippen molar-refractivity contribution in [1.82, 2.24) is 0 Å². The van der Waals surface area contributed by atoms with Gasteiger partial charge in [0.15, 0.2) is 0 Å². The van der Waals surface area contributed by atoms with Gasteiger partial charge in [-0.05, 0) is 24.2 Å². The van der Waals surface area contributed by atoms with E-state index < -0.39 is 0 Å². The molecule has 0 aliphatic heterocycles. The molecule has 1 nitrogen and oxygen atoms in total. The Morgan fingerprint density at radius 3 is 1.71 bits per heavy atom. The summed E-state index contributed by atoms with van der Waals surface area (Å²) in [5.41, 5.74) is 0.0705. The van der Waals surface area contributed by atoms with E-state index in [4.69, 9.17) is 4.74 Å². The summed E-state index contributed by atoms with van der Waals surface area (Å²) in [4.78, 5) is 0. The first kappa shape index (κ1) is 14.3. The number of ether oxygens (including phenoxy) is 1. The fourth-order valence-corrected chi connectivity index (χ4v) is 1.44. The molecule has 0 N–H and O–H groups in total. The topological polar surface area (TPSA) is 9.23 Å². The SMILES string of the molecule is CC(C)CC(OC(S)C(C)C)C(C)C. The van der Waals surface area contributed by atoms with Crippen LogP contribution in [0.5, 0.6) is 0 Å². The zero-order chi connectivity index (χ0) is 11.3. The molecule has 0 aliphatic rings. The quantitative estimate of drug-likeness (QED) is 0.524. The lowest BCUT2D eigenvalue weighted by molar-refractivity contribution is -0.0214. The summed E-state index contributed by atoms with van der Waals surface area (Å²) < 4.78 is 5.95. The summed E-state index contributed by atoms with van der Waals surface area (Å²) in [7, 11) is 0. The molecule has 0 spiro atoms. The second-order valence-corrected chi connectivity index (χ2v) is 5.69. The van der Waals surface area contributed by atoms with Gasteiger partial charge in [0.2, 0.25) is 0 Å². The maximum atomic E-state index is 5.95. The van der Waals surface area contributed by atoms with Gasteiger partial charge < -0.3 is 4.74 Å². The molecule has 0 heterocycles. The van der Waals surface area contributed by atoms with Gasteiger partial charge in [-0.1, -0.05) is 41.5 Å². The van der Waals surface area contributed by atoms with Crippen LogP contribution in [0, 0.1) is 17.8 Å². The number of hydrogen-bond donors (Lipinski definition) is 1. The van der Waals surface area contributed by atoms with E-state index in [-0.39, 0.29) is 5.44 Å². The van der Waals surface area contributed by atoms with Crippen LogP contribution in [0.3, 0.4) is 0 Å². The van der Waals surface area contributed by atoms with Crippen molar-refractivity contribution in [3.8, 4) is 0 Å². The van der Waals surface area contributed by atoms with Crippen LogP contribution in [-0.4, -0.2) is 11.5 Å². The summed E-state index contributed by atoms with van der Waals surface area (Å²) >= 11 is 4.46.